The molecule has 0 atom stereocenters. The summed E-state index contributed by atoms with van der Waals surface area (Å²) < 4.78 is 22.2. The van der Waals surface area contributed by atoms with Crippen LogP contribution in [-0.2, 0) is 22.3 Å². The summed E-state index contributed by atoms with van der Waals surface area (Å²) in [4.78, 5) is 26.0. The van der Waals surface area contributed by atoms with Crippen molar-refractivity contribution in [2.24, 2.45) is 0 Å². The zero-order valence-corrected chi connectivity index (χ0v) is 17.2. The summed E-state index contributed by atoms with van der Waals surface area (Å²) in [5, 5.41) is 0.396. The largest absolute Gasteiger partial charge is 0.501 e. The van der Waals surface area contributed by atoms with Gasteiger partial charge in [-0.1, -0.05) is 17.4 Å². The molecule has 6 nitrogen and oxygen atoms in total. The van der Waals surface area contributed by atoms with Crippen LogP contribution >= 0.6 is 11.3 Å². The Morgan fingerprint density at radius 1 is 1.21 bits per heavy atom. The van der Waals surface area contributed by atoms with Crippen LogP contribution in [0.4, 0.5) is 0 Å². The number of Topliss-reactive ketones (excluding diaryl/α,β-unsaturated/α-hetero) is 1. The molecule has 2 aromatic rings. The third-order valence-electron chi connectivity index (χ3n) is 4.87. The minimum Gasteiger partial charge on any atom is -0.501 e. The zero-order chi connectivity index (χ0) is 20.4. The summed E-state index contributed by atoms with van der Waals surface area (Å²) >= 11 is 1.15. The molecule has 2 aliphatic rings. The first-order valence-corrected chi connectivity index (χ1v) is 10.6. The van der Waals surface area contributed by atoms with Gasteiger partial charge in [0.25, 0.3) is 0 Å². The lowest BCUT2D eigenvalue weighted by Crippen LogP contribution is -2.16. The van der Waals surface area contributed by atoms with E-state index in [9.17, 15) is 9.59 Å². The molecule has 4 rings (SSSR count). The average Bonchev–Trinajstić information content (AvgIpc) is 3.32. The lowest BCUT2D eigenvalue weighted by Gasteiger charge is -2.16. The van der Waals surface area contributed by atoms with Crippen molar-refractivity contribution in [3.05, 3.63) is 51.6 Å². The fourth-order valence-corrected chi connectivity index (χ4v) is 4.60. The topological polar surface area (TPSA) is 71.1 Å². The van der Waals surface area contributed by atoms with Gasteiger partial charge in [-0.3, -0.25) is 4.79 Å². The summed E-state index contributed by atoms with van der Waals surface area (Å²) in [6.45, 7) is 5.04. The van der Waals surface area contributed by atoms with Gasteiger partial charge in [0.2, 0.25) is 0 Å². The van der Waals surface area contributed by atoms with E-state index in [2.05, 4.69) is 0 Å². The predicted molar refractivity (Wildman–Crippen MR) is 108 cm³/mol. The Hall–Kier alpha value is -2.80. The van der Waals surface area contributed by atoms with Crippen LogP contribution in [0.2, 0.25) is 0 Å². The van der Waals surface area contributed by atoms with Gasteiger partial charge in [-0.05, 0) is 43.9 Å². The van der Waals surface area contributed by atoms with E-state index in [1.54, 1.807) is 6.92 Å². The summed E-state index contributed by atoms with van der Waals surface area (Å²) in [5.41, 5.74) is 2.83. The first kappa shape index (κ1) is 19.5. The van der Waals surface area contributed by atoms with Crippen LogP contribution < -0.4 is 9.47 Å². The van der Waals surface area contributed by atoms with Gasteiger partial charge in [0.15, 0.2) is 10.8 Å². The molecule has 0 radical (unpaired) electrons. The van der Waals surface area contributed by atoms with Crippen LogP contribution in [0.25, 0.3) is 0 Å². The second-order valence-electron chi connectivity index (χ2n) is 6.69. The second kappa shape index (κ2) is 8.29. The van der Waals surface area contributed by atoms with E-state index in [0.29, 0.717) is 58.4 Å². The van der Waals surface area contributed by atoms with Crippen LogP contribution in [0.15, 0.2) is 30.0 Å². The average molecular weight is 414 g/mol. The molecule has 2 heterocycles. The molecule has 1 aromatic carbocycles. The quantitative estimate of drug-likeness (QED) is 0.388. The highest BCUT2D eigenvalue weighted by molar-refractivity contribution is 7.16. The number of rotatable bonds is 6. The van der Waals surface area contributed by atoms with E-state index < -0.39 is 5.97 Å². The fourth-order valence-electron chi connectivity index (χ4n) is 3.49. The van der Waals surface area contributed by atoms with Crippen LogP contribution in [0.5, 0.6) is 16.6 Å². The third kappa shape index (κ3) is 3.74. The van der Waals surface area contributed by atoms with Gasteiger partial charge in [-0.25, -0.2) is 4.79 Å². The Kier molecular flexibility index (Phi) is 5.58. The number of benzene rings is 1. The van der Waals surface area contributed by atoms with Crippen molar-refractivity contribution in [1.82, 2.24) is 0 Å². The van der Waals surface area contributed by atoms with E-state index in [1.165, 1.54) is 6.26 Å². The smallest absolute Gasteiger partial charge is 0.348 e. The number of hydrogen-bond acceptors (Lipinski definition) is 7. The van der Waals surface area contributed by atoms with Crippen molar-refractivity contribution in [2.75, 3.05) is 19.8 Å². The first-order chi connectivity index (χ1) is 14.1. The minimum atomic E-state index is -0.425. The van der Waals surface area contributed by atoms with Gasteiger partial charge in [-0.15, -0.1) is 0 Å². The summed E-state index contributed by atoms with van der Waals surface area (Å²) in [6, 6.07) is 5.64. The van der Waals surface area contributed by atoms with E-state index >= 15 is 0 Å². The number of hydrogen-bond donors (Lipinski definition) is 0. The molecule has 0 fully saturated rings. The molecule has 0 bridgehead atoms. The number of thiophene rings is 1. The van der Waals surface area contributed by atoms with Gasteiger partial charge in [0.1, 0.15) is 16.4 Å². The molecule has 0 amide bonds. The maximum Gasteiger partial charge on any atom is 0.348 e. The number of fused-ring (bicyclic) bond motifs is 2. The van der Waals surface area contributed by atoms with Crippen LogP contribution in [0, 0.1) is 0 Å². The number of esters is 1. The minimum absolute atomic E-state index is 0.168. The Bertz CT molecular complexity index is 987. The molecule has 1 aromatic heterocycles. The summed E-state index contributed by atoms with van der Waals surface area (Å²) in [7, 11) is 0. The third-order valence-corrected chi connectivity index (χ3v) is 5.96. The van der Waals surface area contributed by atoms with Crippen molar-refractivity contribution in [2.45, 2.75) is 33.1 Å². The van der Waals surface area contributed by atoms with Crippen molar-refractivity contribution in [3.63, 3.8) is 0 Å². The summed E-state index contributed by atoms with van der Waals surface area (Å²) in [6.07, 6.45) is 3.46. The molecule has 152 valence electrons. The van der Waals surface area contributed by atoms with E-state index in [0.717, 1.165) is 29.1 Å². The van der Waals surface area contributed by atoms with Gasteiger partial charge in [0.05, 0.1) is 31.6 Å². The Balaban J connectivity index is 1.73. The highest BCUT2D eigenvalue weighted by atomic mass is 32.1. The monoisotopic (exact) mass is 414 g/mol. The standard InChI is InChI=1S/C22H22O6S/c1-3-25-12-14-6-8-16-18(19(14)23)22(29-20(16)21(24)26-4-2)28-15-7-5-13-9-10-27-17(13)11-15/h5,7,11-12H,3-4,6,8-10H2,1-2H3/b14-12+. The summed E-state index contributed by atoms with van der Waals surface area (Å²) in [5.74, 6) is 0.769. The van der Waals surface area contributed by atoms with Crippen molar-refractivity contribution < 1.29 is 28.5 Å². The number of allylic oxidation sites excluding steroid dienone is 1. The molecular formula is C22H22O6S. The molecule has 0 spiro atoms. The molecule has 1 aliphatic carbocycles. The normalized spacial score (nSPS) is 16.2. The number of carbonyl (C=O) groups excluding carboxylic acids is 2. The number of ketones is 1. The van der Waals surface area contributed by atoms with Crippen LogP contribution in [0.1, 0.15) is 51.4 Å². The Morgan fingerprint density at radius 2 is 2.07 bits per heavy atom. The van der Waals surface area contributed by atoms with Crippen molar-refractivity contribution in [3.8, 4) is 16.6 Å². The molecule has 1 aliphatic heterocycles. The van der Waals surface area contributed by atoms with Gasteiger partial charge in [-0.2, -0.15) is 0 Å². The lowest BCUT2D eigenvalue weighted by molar-refractivity contribution is 0.0531. The molecule has 0 saturated carbocycles. The molecule has 7 heteroatoms. The van der Waals surface area contributed by atoms with Crippen molar-refractivity contribution >= 4 is 23.1 Å². The number of carbonyl (C=O) groups is 2. The zero-order valence-electron chi connectivity index (χ0n) is 16.4. The SMILES string of the molecule is CCO/C=C1\CCc2c(C(=O)OCC)sc(Oc3ccc4c(c3)OCC4)c2C1=O. The fraction of sp³-hybridized carbons (Fsp3) is 0.364. The lowest BCUT2D eigenvalue weighted by atomic mass is 9.88. The van der Waals surface area contributed by atoms with Gasteiger partial charge >= 0.3 is 5.97 Å². The van der Waals surface area contributed by atoms with Crippen LogP contribution in [-0.4, -0.2) is 31.6 Å². The van der Waals surface area contributed by atoms with E-state index in [1.807, 2.05) is 25.1 Å². The van der Waals surface area contributed by atoms with Gasteiger partial charge in [0, 0.05) is 18.1 Å². The molecule has 29 heavy (non-hydrogen) atoms. The van der Waals surface area contributed by atoms with E-state index in [-0.39, 0.29) is 12.4 Å². The first-order valence-electron chi connectivity index (χ1n) is 9.74. The maximum absolute atomic E-state index is 13.1. The maximum atomic E-state index is 13.1. The highest BCUT2D eigenvalue weighted by Crippen LogP contribution is 2.44. The van der Waals surface area contributed by atoms with E-state index in [4.69, 9.17) is 18.9 Å². The van der Waals surface area contributed by atoms with Crippen molar-refractivity contribution in [1.29, 1.82) is 0 Å². The highest BCUT2D eigenvalue weighted by Gasteiger charge is 2.34. The second-order valence-corrected chi connectivity index (χ2v) is 7.67. The molecule has 0 N–H and O–H groups in total. The Labute approximate surface area is 173 Å². The Morgan fingerprint density at radius 3 is 2.86 bits per heavy atom. The molecular weight excluding hydrogens is 392 g/mol. The number of ether oxygens (including phenoxy) is 4. The molecule has 0 unspecified atom stereocenters. The van der Waals surface area contributed by atoms with Crippen LogP contribution in [0.3, 0.4) is 0 Å². The predicted octanol–water partition coefficient (Wildman–Crippen LogP) is 4.70. The van der Waals surface area contributed by atoms with Gasteiger partial charge < -0.3 is 18.9 Å². The molecule has 0 saturated heterocycles.